The number of Topliss-reactive ketones (excluding diaryl/α,β-unsaturated/α-hetero) is 1. The molecular formula is C27H29NO2. The van der Waals surface area contributed by atoms with Gasteiger partial charge in [0.15, 0.2) is 5.78 Å². The second-order valence-electron chi connectivity index (χ2n) is 8.91. The van der Waals surface area contributed by atoms with E-state index < -0.39 is 0 Å². The van der Waals surface area contributed by atoms with E-state index in [0.717, 1.165) is 54.1 Å². The quantitative estimate of drug-likeness (QED) is 0.509. The van der Waals surface area contributed by atoms with Crippen molar-refractivity contribution in [1.82, 2.24) is 4.90 Å². The monoisotopic (exact) mass is 399 g/mol. The molecule has 2 fully saturated rings. The number of fused-ring (bicyclic) bond motifs is 1. The van der Waals surface area contributed by atoms with E-state index in [0.29, 0.717) is 5.92 Å². The molecular weight excluding hydrogens is 370 g/mol. The molecule has 3 heteroatoms. The molecule has 3 aromatic carbocycles. The second kappa shape index (κ2) is 8.23. The standard InChI is InChI=1S/C27H29NO2/c1-30-24-12-11-21-15-23(10-9-22(21)16-24)27(29)26-18-28(17-19-7-8-19)14-13-25(26)20-5-3-2-4-6-20/h2-6,9-12,15-16,19,25-26H,7-8,13-14,17-18H2,1H3. The maximum atomic E-state index is 13.7. The van der Waals surface area contributed by atoms with Gasteiger partial charge in [0.05, 0.1) is 7.11 Å². The summed E-state index contributed by atoms with van der Waals surface area (Å²) >= 11 is 0. The maximum absolute atomic E-state index is 13.7. The summed E-state index contributed by atoms with van der Waals surface area (Å²) < 4.78 is 5.33. The lowest BCUT2D eigenvalue weighted by atomic mass is 9.76. The highest BCUT2D eigenvalue weighted by Gasteiger charge is 2.37. The number of carbonyl (C=O) groups is 1. The zero-order valence-electron chi connectivity index (χ0n) is 17.6. The topological polar surface area (TPSA) is 29.5 Å². The molecule has 2 atom stereocenters. The van der Waals surface area contributed by atoms with Crippen LogP contribution in [0.1, 0.15) is 41.1 Å². The van der Waals surface area contributed by atoms with Gasteiger partial charge in [0.2, 0.25) is 0 Å². The molecule has 1 aliphatic carbocycles. The number of piperidine rings is 1. The summed E-state index contributed by atoms with van der Waals surface area (Å²) in [7, 11) is 1.68. The fourth-order valence-electron chi connectivity index (χ4n) is 4.93. The number of carbonyl (C=O) groups excluding carboxylic acids is 1. The van der Waals surface area contributed by atoms with Crippen molar-refractivity contribution in [2.75, 3.05) is 26.7 Å². The molecule has 0 radical (unpaired) electrons. The molecule has 2 unspecified atom stereocenters. The third kappa shape index (κ3) is 3.99. The number of benzene rings is 3. The van der Waals surface area contributed by atoms with Gasteiger partial charge in [0.25, 0.3) is 0 Å². The highest BCUT2D eigenvalue weighted by atomic mass is 16.5. The summed E-state index contributed by atoms with van der Waals surface area (Å²) in [5, 5.41) is 2.19. The first-order chi connectivity index (χ1) is 14.7. The zero-order chi connectivity index (χ0) is 20.5. The van der Waals surface area contributed by atoms with E-state index in [1.165, 1.54) is 18.4 Å². The average molecular weight is 400 g/mol. The Balaban J connectivity index is 1.45. The first-order valence-corrected chi connectivity index (χ1v) is 11.1. The fourth-order valence-corrected chi connectivity index (χ4v) is 4.93. The SMILES string of the molecule is COc1ccc2cc(C(=O)C3CN(CC4CC4)CCC3c3ccccc3)ccc2c1. The summed E-state index contributed by atoms with van der Waals surface area (Å²) in [6.45, 7) is 3.12. The van der Waals surface area contributed by atoms with Crippen molar-refractivity contribution in [3.05, 3.63) is 77.9 Å². The summed E-state index contributed by atoms with van der Waals surface area (Å²) in [5.41, 5.74) is 2.12. The Morgan fingerprint density at radius 2 is 1.73 bits per heavy atom. The molecule has 30 heavy (non-hydrogen) atoms. The van der Waals surface area contributed by atoms with E-state index in [1.54, 1.807) is 7.11 Å². The van der Waals surface area contributed by atoms with Crippen LogP contribution in [0.25, 0.3) is 10.8 Å². The van der Waals surface area contributed by atoms with Crippen LogP contribution in [0.4, 0.5) is 0 Å². The van der Waals surface area contributed by atoms with Gasteiger partial charge in [0.1, 0.15) is 5.75 Å². The van der Waals surface area contributed by atoms with Crippen molar-refractivity contribution in [3.63, 3.8) is 0 Å². The molecule has 0 bridgehead atoms. The highest BCUT2D eigenvalue weighted by Crippen LogP contribution is 2.38. The largest absolute Gasteiger partial charge is 0.497 e. The number of rotatable bonds is 6. The normalized spacial score (nSPS) is 22.2. The predicted octanol–water partition coefficient (Wildman–Crippen LogP) is 5.55. The minimum absolute atomic E-state index is 0.00981. The number of nitrogens with zero attached hydrogens (tertiary/aromatic N) is 1. The minimum Gasteiger partial charge on any atom is -0.497 e. The second-order valence-corrected chi connectivity index (χ2v) is 8.91. The Hall–Kier alpha value is -2.65. The average Bonchev–Trinajstić information content (AvgIpc) is 3.62. The van der Waals surface area contributed by atoms with Crippen LogP contribution in [0.2, 0.25) is 0 Å². The van der Waals surface area contributed by atoms with Crippen molar-refractivity contribution in [2.24, 2.45) is 11.8 Å². The Morgan fingerprint density at radius 3 is 2.50 bits per heavy atom. The molecule has 1 saturated carbocycles. The molecule has 2 aliphatic rings. The summed E-state index contributed by atoms with van der Waals surface area (Å²) in [6.07, 6.45) is 3.76. The molecule has 0 N–H and O–H groups in total. The van der Waals surface area contributed by atoms with Crippen LogP contribution < -0.4 is 4.74 Å². The maximum Gasteiger partial charge on any atom is 0.167 e. The van der Waals surface area contributed by atoms with E-state index in [2.05, 4.69) is 41.3 Å². The number of ether oxygens (including phenoxy) is 1. The van der Waals surface area contributed by atoms with E-state index in [-0.39, 0.29) is 11.7 Å². The highest BCUT2D eigenvalue weighted by molar-refractivity contribution is 6.02. The predicted molar refractivity (Wildman–Crippen MR) is 121 cm³/mol. The van der Waals surface area contributed by atoms with Crippen molar-refractivity contribution in [2.45, 2.75) is 25.2 Å². The summed E-state index contributed by atoms with van der Waals surface area (Å²) in [5.74, 6) is 2.27. The molecule has 154 valence electrons. The molecule has 0 spiro atoms. The molecule has 1 heterocycles. The van der Waals surface area contributed by atoms with Crippen molar-refractivity contribution in [3.8, 4) is 5.75 Å². The number of methoxy groups -OCH3 is 1. The van der Waals surface area contributed by atoms with E-state index in [9.17, 15) is 4.79 Å². The van der Waals surface area contributed by atoms with Crippen LogP contribution in [0.5, 0.6) is 5.75 Å². The van der Waals surface area contributed by atoms with Gasteiger partial charge in [-0.1, -0.05) is 48.5 Å². The lowest BCUT2D eigenvalue weighted by Gasteiger charge is -2.38. The fraction of sp³-hybridized carbons (Fsp3) is 0.370. The van der Waals surface area contributed by atoms with E-state index >= 15 is 0 Å². The van der Waals surface area contributed by atoms with Crippen LogP contribution in [0, 0.1) is 11.8 Å². The van der Waals surface area contributed by atoms with Gasteiger partial charge >= 0.3 is 0 Å². The number of hydrogen-bond acceptors (Lipinski definition) is 3. The number of hydrogen-bond donors (Lipinski definition) is 0. The van der Waals surface area contributed by atoms with Crippen LogP contribution in [-0.4, -0.2) is 37.4 Å². The summed E-state index contributed by atoms with van der Waals surface area (Å²) in [4.78, 5) is 16.3. The van der Waals surface area contributed by atoms with Gasteiger partial charge < -0.3 is 9.64 Å². The molecule has 1 aliphatic heterocycles. The lowest BCUT2D eigenvalue weighted by molar-refractivity contribution is 0.0773. The molecule has 0 amide bonds. The van der Waals surface area contributed by atoms with E-state index in [4.69, 9.17) is 4.74 Å². The first-order valence-electron chi connectivity index (χ1n) is 11.1. The molecule has 5 rings (SSSR count). The first kappa shape index (κ1) is 19.3. The Morgan fingerprint density at radius 1 is 0.967 bits per heavy atom. The Kier molecular flexibility index (Phi) is 5.30. The third-order valence-corrected chi connectivity index (χ3v) is 6.81. The van der Waals surface area contributed by atoms with Crippen molar-refractivity contribution >= 4 is 16.6 Å². The summed E-state index contributed by atoms with van der Waals surface area (Å²) in [6, 6.07) is 22.7. The van der Waals surface area contributed by atoms with Gasteiger partial charge in [0, 0.05) is 24.6 Å². The van der Waals surface area contributed by atoms with Crippen molar-refractivity contribution in [1.29, 1.82) is 0 Å². The molecule has 3 nitrogen and oxygen atoms in total. The van der Waals surface area contributed by atoms with Crippen LogP contribution in [0.15, 0.2) is 66.7 Å². The van der Waals surface area contributed by atoms with Crippen LogP contribution >= 0.6 is 0 Å². The lowest BCUT2D eigenvalue weighted by Crippen LogP contribution is -2.43. The Labute approximate surface area is 178 Å². The van der Waals surface area contributed by atoms with Gasteiger partial charge in [-0.3, -0.25) is 4.79 Å². The number of likely N-dealkylation sites (tertiary alicyclic amines) is 1. The number of ketones is 1. The third-order valence-electron chi connectivity index (χ3n) is 6.81. The zero-order valence-corrected chi connectivity index (χ0v) is 17.6. The molecule has 3 aromatic rings. The smallest absolute Gasteiger partial charge is 0.167 e. The molecule has 0 aromatic heterocycles. The van der Waals surface area contributed by atoms with Crippen LogP contribution in [0.3, 0.4) is 0 Å². The molecule has 1 saturated heterocycles. The van der Waals surface area contributed by atoms with Crippen LogP contribution in [-0.2, 0) is 0 Å². The van der Waals surface area contributed by atoms with Gasteiger partial charge in [-0.25, -0.2) is 0 Å². The Bertz CT molecular complexity index is 1040. The van der Waals surface area contributed by atoms with E-state index in [1.807, 2.05) is 30.3 Å². The van der Waals surface area contributed by atoms with Gasteiger partial charge in [-0.2, -0.15) is 0 Å². The van der Waals surface area contributed by atoms with Gasteiger partial charge in [-0.15, -0.1) is 0 Å². The minimum atomic E-state index is 0.00981. The van der Waals surface area contributed by atoms with Crippen molar-refractivity contribution < 1.29 is 9.53 Å². The van der Waals surface area contributed by atoms with Gasteiger partial charge in [-0.05, 0) is 72.2 Å².